The van der Waals surface area contributed by atoms with Crippen molar-refractivity contribution in [3.8, 4) is 23.5 Å². The van der Waals surface area contributed by atoms with Crippen LogP contribution >= 0.6 is 11.6 Å². The molecule has 4 nitrogen and oxygen atoms in total. The van der Waals surface area contributed by atoms with Gasteiger partial charge in [0.15, 0.2) is 5.58 Å². The fraction of sp³-hybridized carbons (Fsp3) is 0.250. The second kappa shape index (κ2) is 7.58. The molecule has 3 aromatic rings. The van der Waals surface area contributed by atoms with Crippen molar-refractivity contribution in [2.45, 2.75) is 19.2 Å². The lowest BCUT2D eigenvalue weighted by molar-refractivity contribution is -0.143. The van der Waals surface area contributed by atoms with Crippen LogP contribution in [0.4, 0.5) is 17.6 Å². The number of benzene rings is 1. The number of nitrogens with zero attached hydrogens (tertiary/aromatic N) is 1. The summed E-state index contributed by atoms with van der Waals surface area (Å²) in [5.41, 5.74) is -2.55. The molecule has 1 atom stereocenters. The Labute approximate surface area is 167 Å². The number of ether oxygens (including phenoxy) is 1. The van der Waals surface area contributed by atoms with Crippen LogP contribution in [0.3, 0.4) is 0 Å². The van der Waals surface area contributed by atoms with Crippen molar-refractivity contribution in [3.63, 3.8) is 0 Å². The molecular weight excluding hydrogens is 414 g/mol. The van der Waals surface area contributed by atoms with Gasteiger partial charge in [0.1, 0.15) is 30.0 Å². The number of halogens is 5. The number of fused-ring (bicyclic) bond motifs is 1. The lowest BCUT2D eigenvalue weighted by Gasteiger charge is -2.13. The highest BCUT2D eigenvalue weighted by Gasteiger charge is 2.34. The molecule has 2 heterocycles. The molecule has 29 heavy (non-hydrogen) atoms. The first-order valence-electron chi connectivity index (χ1n) is 8.30. The number of alkyl halides is 3. The summed E-state index contributed by atoms with van der Waals surface area (Å²) in [6.07, 6.45) is -0.171. The Hall–Kier alpha value is -2.76. The molecule has 1 aromatic carbocycles. The third-order valence-corrected chi connectivity index (χ3v) is 4.69. The molecule has 0 aliphatic heterocycles. The number of aromatic nitrogens is 1. The van der Waals surface area contributed by atoms with Gasteiger partial charge in [-0.15, -0.1) is 6.42 Å². The van der Waals surface area contributed by atoms with Gasteiger partial charge in [0.2, 0.25) is 0 Å². The van der Waals surface area contributed by atoms with Crippen molar-refractivity contribution in [1.82, 2.24) is 4.57 Å². The Morgan fingerprint density at radius 2 is 2.03 bits per heavy atom. The number of hydrogen-bond donors (Lipinski definition) is 0. The monoisotopic (exact) mass is 427 g/mol. The lowest BCUT2D eigenvalue weighted by atomic mass is 10.0. The van der Waals surface area contributed by atoms with E-state index in [1.807, 2.05) is 0 Å². The van der Waals surface area contributed by atoms with Crippen molar-refractivity contribution < 1.29 is 26.7 Å². The predicted octanol–water partition coefficient (Wildman–Crippen LogP) is 5.32. The zero-order chi connectivity index (χ0) is 21.5. The second-order valence-electron chi connectivity index (χ2n) is 6.26. The van der Waals surface area contributed by atoms with Crippen LogP contribution in [0.15, 0.2) is 33.5 Å². The highest BCUT2D eigenvalue weighted by molar-refractivity contribution is 6.35. The summed E-state index contributed by atoms with van der Waals surface area (Å²) >= 11 is 6.06. The number of rotatable bonds is 4. The average Bonchev–Trinajstić information content (AvgIpc) is 3.07. The van der Waals surface area contributed by atoms with Gasteiger partial charge in [-0.25, -0.2) is 4.39 Å². The number of furan rings is 1. The first-order chi connectivity index (χ1) is 13.6. The van der Waals surface area contributed by atoms with Gasteiger partial charge in [0.05, 0.1) is 10.6 Å². The molecule has 0 spiro atoms. The lowest BCUT2D eigenvalue weighted by Crippen LogP contribution is -2.26. The van der Waals surface area contributed by atoms with Gasteiger partial charge in [0, 0.05) is 18.0 Å². The summed E-state index contributed by atoms with van der Waals surface area (Å²) in [6, 6.07) is 4.02. The molecule has 0 saturated heterocycles. The van der Waals surface area contributed by atoms with Gasteiger partial charge in [-0.3, -0.25) is 4.79 Å². The third-order valence-electron chi connectivity index (χ3n) is 4.41. The van der Waals surface area contributed by atoms with Gasteiger partial charge < -0.3 is 13.7 Å². The van der Waals surface area contributed by atoms with Crippen LogP contribution in [0, 0.1) is 18.2 Å². The summed E-state index contributed by atoms with van der Waals surface area (Å²) in [5, 5.41) is 0.0819. The molecule has 2 aromatic heterocycles. The van der Waals surface area contributed by atoms with Crippen molar-refractivity contribution in [2.75, 3.05) is 6.61 Å². The normalized spacial score (nSPS) is 12.9. The Balaban J connectivity index is 2.25. The Kier molecular flexibility index (Phi) is 5.48. The Bertz CT molecular complexity index is 1190. The summed E-state index contributed by atoms with van der Waals surface area (Å²) in [7, 11) is 0.968. The van der Waals surface area contributed by atoms with Crippen LogP contribution in [0.5, 0.6) is 0 Å². The SMILES string of the molecule is C#CCOC(C)c1cc2c(-c3ccc(C(F)(F)F)n(C)c3=O)c(F)cc(Cl)c2o1. The van der Waals surface area contributed by atoms with Gasteiger partial charge in [-0.05, 0) is 31.2 Å². The van der Waals surface area contributed by atoms with Crippen molar-refractivity contribution in [3.05, 3.63) is 56.9 Å². The maximum Gasteiger partial charge on any atom is 0.431 e. The summed E-state index contributed by atoms with van der Waals surface area (Å²) in [5.74, 6) is 1.70. The van der Waals surface area contributed by atoms with E-state index in [9.17, 15) is 22.4 Å². The van der Waals surface area contributed by atoms with Crippen LogP contribution in [-0.4, -0.2) is 11.2 Å². The van der Waals surface area contributed by atoms with E-state index in [0.717, 1.165) is 25.2 Å². The Morgan fingerprint density at radius 3 is 2.66 bits per heavy atom. The topological polar surface area (TPSA) is 44.4 Å². The summed E-state index contributed by atoms with van der Waals surface area (Å²) < 4.78 is 65.3. The van der Waals surface area contributed by atoms with Gasteiger partial charge in [-0.2, -0.15) is 13.2 Å². The van der Waals surface area contributed by atoms with E-state index in [-0.39, 0.29) is 39.5 Å². The molecule has 9 heteroatoms. The summed E-state index contributed by atoms with van der Waals surface area (Å²) in [4.78, 5) is 12.6. The molecule has 0 fully saturated rings. The molecule has 0 aliphatic rings. The number of pyridine rings is 1. The highest BCUT2D eigenvalue weighted by Crippen LogP contribution is 2.39. The second-order valence-corrected chi connectivity index (χ2v) is 6.67. The quantitative estimate of drug-likeness (QED) is 0.418. The van der Waals surface area contributed by atoms with E-state index in [4.69, 9.17) is 27.2 Å². The van der Waals surface area contributed by atoms with Gasteiger partial charge in [-0.1, -0.05) is 17.5 Å². The van der Waals surface area contributed by atoms with Gasteiger partial charge in [0.25, 0.3) is 5.56 Å². The minimum absolute atomic E-state index is 0.00656. The van der Waals surface area contributed by atoms with Gasteiger partial charge >= 0.3 is 6.18 Å². The molecule has 0 aliphatic carbocycles. The van der Waals surface area contributed by atoms with Crippen molar-refractivity contribution in [1.29, 1.82) is 0 Å². The minimum Gasteiger partial charge on any atom is -0.457 e. The fourth-order valence-electron chi connectivity index (χ4n) is 2.99. The highest BCUT2D eigenvalue weighted by atomic mass is 35.5. The molecule has 0 amide bonds. The van der Waals surface area contributed by atoms with E-state index < -0.39 is 29.4 Å². The predicted molar refractivity (Wildman–Crippen MR) is 100 cm³/mol. The molecule has 0 N–H and O–H groups in total. The Morgan fingerprint density at radius 1 is 1.34 bits per heavy atom. The van der Waals surface area contributed by atoms with Crippen LogP contribution < -0.4 is 5.56 Å². The average molecular weight is 428 g/mol. The number of hydrogen-bond acceptors (Lipinski definition) is 3. The van der Waals surface area contributed by atoms with E-state index in [2.05, 4.69) is 5.92 Å². The third kappa shape index (κ3) is 3.76. The molecule has 3 rings (SSSR count). The zero-order valence-corrected chi connectivity index (χ0v) is 16.0. The standard InChI is InChI=1S/C20H14ClF4NO3/c1-4-7-28-10(2)15-8-12-17(14(22)9-13(21)18(12)29-15)11-5-6-16(20(23,24)25)26(3)19(11)27/h1,5-6,8-10H,7H2,2-3H3. The molecule has 0 bridgehead atoms. The van der Waals surface area contributed by atoms with E-state index in [0.29, 0.717) is 4.57 Å². The fourth-order valence-corrected chi connectivity index (χ4v) is 3.23. The molecular formula is C20H14ClF4NO3. The van der Waals surface area contributed by atoms with Crippen molar-refractivity contribution in [2.24, 2.45) is 7.05 Å². The van der Waals surface area contributed by atoms with E-state index in [1.54, 1.807) is 6.92 Å². The molecule has 0 radical (unpaired) electrons. The van der Waals surface area contributed by atoms with Crippen LogP contribution in [0.25, 0.3) is 22.1 Å². The van der Waals surface area contributed by atoms with Crippen LogP contribution in [-0.2, 0) is 18.0 Å². The van der Waals surface area contributed by atoms with Crippen molar-refractivity contribution >= 4 is 22.6 Å². The molecule has 1 unspecified atom stereocenters. The van der Waals surface area contributed by atoms with E-state index >= 15 is 0 Å². The summed E-state index contributed by atoms with van der Waals surface area (Å²) in [6.45, 7) is 1.66. The van der Waals surface area contributed by atoms with Crippen LogP contribution in [0.1, 0.15) is 24.5 Å². The largest absolute Gasteiger partial charge is 0.457 e. The smallest absolute Gasteiger partial charge is 0.431 e. The van der Waals surface area contributed by atoms with E-state index in [1.165, 1.54) is 6.07 Å². The maximum atomic E-state index is 14.8. The molecule has 152 valence electrons. The first kappa shape index (κ1) is 21.0. The zero-order valence-electron chi connectivity index (χ0n) is 15.2. The minimum atomic E-state index is -4.73. The molecule has 0 saturated carbocycles. The number of terminal acetylenes is 1. The van der Waals surface area contributed by atoms with Crippen LogP contribution in [0.2, 0.25) is 5.02 Å². The first-order valence-corrected chi connectivity index (χ1v) is 8.68. The maximum absolute atomic E-state index is 14.8.